The SMILES string of the molecule is NCCN1CCC[C@H]1CO. The average molecular weight is 144 g/mol. The van der Waals surface area contributed by atoms with Crippen LogP contribution >= 0.6 is 0 Å². The standard InChI is InChI=1S/C7H16N2O/c8-3-5-9-4-1-2-7(9)6-10/h7,10H,1-6,8H2/t7-/m0/s1. The zero-order valence-corrected chi connectivity index (χ0v) is 6.29. The zero-order chi connectivity index (χ0) is 7.40. The van der Waals surface area contributed by atoms with Gasteiger partial charge >= 0.3 is 0 Å². The summed E-state index contributed by atoms with van der Waals surface area (Å²) in [7, 11) is 0. The molecule has 3 nitrogen and oxygen atoms in total. The van der Waals surface area contributed by atoms with E-state index in [2.05, 4.69) is 4.90 Å². The van der Waals surface area contributed by atoms with Gasteiger partial charge in [-0.3, -0.25) is 4.90 Å². The van der Waals surface area contributed by atoms with Crippen LogP contribution in [0.25, 0.3) is 0 Å². The summed E-state index contributed by atoms with van der Waals surface area (Å²) in [6, 6.07) is 0.392. The quantitative estimate of drug-likeness (QED) is 0.556. The number of hydrogen-bond donors (Lipinski definition) is 2. The summed E-state index contributed by atoms with van der Waals surface area (Å²) in [6.07, 6.45) is 2.35. The van der Waals surface area contributed by atoms with Gasteiger partial charge in [-0.1, -0.05) is 0 Å². The van der Waals surface area contributed by atoms with Crippen molar-refractivity contribution in [3.63, 3.8) is 0 Å². The molecule has 0 aromatic carbocycles. The molecule has 0 radical (unpaired) electrons. The first-order chi connectivity index (χ1) is 4.88. The number of aliphatic hydroxyl groups excluding tert-OH is 1. The van der Waals surface area contributed by atoms with E-state index in [0.29, 0.717) is 19.2 Å². The van der Waals surface area contributed by atoms with Gasteiger partial charge in [-0.2, -0.15) is 0 Å². The highest BCUT2D eigenvalue weighted by atomic mass is 16.3. The Hall–Kier alpha value is -0.120. The van der Waals surface area contributed by atoms with Crippen LogP contribution in [0.1, 0.15) is 12.8 Å². The number of aliphatic hydroxyl groups is 1. The second-order valence-electron chi connectivity index (χ2n) is 2.80. The molecule has 1 aliphatic rings. The van der Waals surface area contributed by atoms with Crippen LogP contribution in [0.2, 0.25) is 0 Å². The van der Waals surface area contributed by atoms with Crippen LogP contribution in [0.3, 0.4) is 0 Å². The average Bonchev–Trinajstić information content (AvgIpc) is 2.36. The van der Waals surface area contributed by atoms with Crippen molar-refractivity contribution >= 4 is 0 Å². The van der Waals surface area contributed by atoms with Crippen LogP contribution in [-0.4, -0.2) is 42.3 Å². The Bertz CT molecular complexity index is 97.6. The summed E-state index contributed by atoms with van der Waals surface area (Å²) < 4.78 is 0. The van der Waals surface area contributed by atoms with Gasteiger partial charge in [0.05, 0.1) is 6.61 Å². The van der Waals surface area contributed by atoms with Crippen LogP contribution in [-0.2, 0) is 0 Å². The third-order valence-corrected chi connectivity index (χ3v) is 2.13. The van der Waals surface area contributed by atoms with E-state index in [4.69, 9.17) is 10.8 Å². The van der Waals surface area contributed by atoms with Gasteiger partial charge in [0.25, 0.3) is 0 Å². The van der Waals surface area contributed by atoms with E-state index in [0.717, 1.165) is 19.5 Å². The Morgan fingerprint density at radius 3 is 3.00 bits per heavy atom. The topological polar surface area (TPSA) is 49.5 Å². The predicted molar refractivity (Wildman–Crippen MR) is 40.7 cm³/mol. The molecule has 1 fully saturated rings. The molecule has 0 aromatic heterocycles. The fraction of sp³-hybridized carbons (Fsp3) is 1.00. The lowest BCUT2D eigenvalue weighted by molar-refractivity contribution is 0.162. The molecule has 0 aliphatic carbocycles. The van der Waals surface area contributed by atoms with E-state index >= 15 is 0 Å². The second-order valence-corrected chi connectivity index (χ2v) is 2.80. The molecular weight excluding hydrogens is 128 g/mol. The number of likely N-dealkylation sites (tertiary alicyclic amines) is 1. The summed E-state index contributed by atoms with van der Waals surface area (Å²) in [4.78, 5) is 2.26. The minimum Gasteiger partial charge on any atom is -0.395 e. The van der Waals surface area contributed by atoms with Gasteiger partial charge in [-0.05, 0) is 19.4 Å². The van der Waals surface area contributed by atoms with Crippen LogP contribution in [0, 0.1) is 0 Å². The Balaban J connectivity index is 2.27. The summed E-state index contributed by atoms with van der Waals surface area (Å²) in [5, 5.41) is 8.88. The lowest BCUT2D eigenvalue weighted by atomic mass is 10.2. The molecule has 1 aliphatic heterocycles. The maximum absolute atomic E-state index is 8.88. The Morgan fingerprint density at radius 2 is 2.40 bits per heavy atom. The Morgan fingerprint density at radius 1 is 1.60 bits per heavy atom. The first kappa shape index (κ1) is 7.98. The molecule has 1 rings (SSSR count). The maximum Gasteiger partial charge on any atom is 0.0586 e. The van der Waals surface area contributed by atoms with E-state index in [-0.39, 0.29) is 0 Å². The normalized spacial score (nSPS) is 27.6. The summed E-state index contributed by atoms with van der Waals surface area (Å²) in [5.74, 6) is 0. The molecule has 3 N–H and O–H groups in total. The highest BCUT2D eigenvalue weighted by Gasteiger charge is 2.21. The van der Waals surface area contributed by atoms with Gasteiger partial charge < -0.3 is 10.8 Å². The molecule has 60 valence electrons. The molecule has 1 atom stereocenters. The number of nitrogens with two attached hydrogens (primary N) is 1. The molecule has 0 amide bonds. The largest absolute Gasteiger partial charge is 0.395 e. The van der Waals surface area contributed by atoms with Crippen molar-refractivity contribution < 1.29 is 5.11 Å². The van der Waals surface area contributed by atoms with Crippen molar-refractivity contribution in [2.24, 2.45) is 5.73 Å². The van der Waals surface area contributed by atoms with Gasteiger partial charge in [0.1, 0.15) is 0 Å². The van der Waals surface area contributed by atoms with Gasteiger partial charge in [-0.25, -0.2) is 0 Å². The minimum atomic E-state index is 0.292. The monoisotopic (exact) mass is 144 g/mol. The van der Waals surface area contributed by atoms with Crippen LogP contribution in [0.15, 0.2) is 0 Å². The Kier molecular flexibility index (Phi) is 3.12. The van der Waals surface area contributed by atoms with Crippen LogP contribution < -0.4 is 5.73 Å². The smallest absolute Gasteiger partial charge is 0.0586 e. The van der Waals surface area contributed by atoms with Crippen molar-refractivity contribution in [2.75, 3.05) is 26.2 Å². The van der Waals surface area contributed by atoms with Gasteiger partial charge in [0, 0.05) is 19.1 Å². The van der Waals surface area contributed by atoms with Crippen molar-refractivity contribution in [1.82, 2.24) is 4.90 Å². The molecule has 0 aromatic rings. The van der Waals surface area contributed by atoms with Crippen LogP contribution in [0.5, 0.6) is 0 Å². The molecule has 0 unspecified atom stereocenters. The number of rotatable bonds is 3. The van der Waals surface area contributed by atoms with Crippen molar-refractivity contribution in [1.29, 1.82) is 0 Å². The molecule has 3 heteroatoms. The molecule has 0 saturated carbocycles. The minimum absolute atomic E-state index is 0.292. The molecule has 1 saturated heterocycles. The predicted octanol–water partition coefficient (Wildman–Crippen LogP) is -0.598. The fourth-order valence-corrected chi connectivity index (χ4v) is 1.56. The molecule has 0 bridgehead atoms. The number of hydrogen-bond acceptors (Lipinski definition) is 3. The second kappa shape index (κ2) is 3.91. The third-order valence-electron chi connectivity index (χ3n) is 2.13. The third kappa shape index (κ3) is 1.68. The highest BCUT2D eigenvalue weighted by molar-refractivity contribution is 4.77. The van der Waals surface area contributed by atoms with E-state index in [9.17, 15) is 0 Å². The van der Waals surface area contributed by atoms with E-state index in [1.807, 2.05) is 0 Å². The number of nitrogens with zero attached hydrogens (tertiary/aromatic N) is 1. The molecule has 1 heterocycles. The molecule has 0 spiro atoms. The molecule has 10 heavy (non-hydrogen) atoms. The van der Waals surface area contributed by atoms with E-state index < -0.39 is 0 Å². The lowest BCUT2D eigenvalue weighted by Gasteiger charge is -2.21. The van der Waals surface area contributed by atoms with Gasteiger partial charge in [0.2, 0.25) is 0 Å². The van der Waals surface area contributed by atoms with Crippen LogP contribution in [0.4, 0.5) is 0 Å². The first-order valence-electron chi connectivity index (χ1n) is 3.93. The van der Waals surface area contributed by atoms with E-state index in [1.54, 1.807) is 0 Å². The lowest BCUT2D eigenvalue weighted by Crippen LogP contribution is -2.35. The van der Waals surface area contributed by atoms with Crippen molar-refractivity contribution in [2.45, 2.75) is 18.9 Å². The maximum atomic E-state index is 8.88. The first-order valence-corrected chi connectivity index (χ1v) is 3.93. The van der Waals surface area contributed by atoms with Gasteiger partial charge in [-0.15, -0.1) is 0 Å². The summed E-state index contributed by atoms with van der Waals surface area (Å²) in [5.41, 5.74) is 5.40. The Labute approximate surface area is 61.8 Å². The summed E-state index contributed by atoms with van der Waals surface area (Å²) in [6.45, 7) is 3.05. The molecular formula is C7H16N2O. The van der Waals surface area contributed by atoms with Crippen molar-refractivity contribution in [3.8, 4) is 0 Å². The van der Waals surface area contributed by atoms with Gasteiger partial charge in [0.15, 0.2) is 0 Å². The zero-order valence-electron chi connectivity index (χ0n) is 6.29. The summed E-state index contributed by atoms with van der Waals surface area (Å²) >= 11 is 0. The fourth-order valence-electron chi connectivity index (χ4n) is 1.56. The van der Waals surface area contributed by atoms with E-state index in [1.165, 1.54) is 6.42 Å². The van der Waals surface area contributed by atoms with Crippen molar-refractivity contribution in [3.05, 3.63) is 0 Å². The highest BCUT2D eigenvalue weighted by Crippen LogP contribution is 2.14.